The third-order valence-corrected chi connectivity index (χ3v) is 3.81. The maximum absolute atomic E-state index is 12.2. The molecule has 0 heterocycles. The van der Waals surface area contributed by atoms with E-state index in [2.05, 4.69) is 27.9 Å². The van der Waals surface area contributed by atoms with E-state index in [-0.39, 0.29) is 5.91 Å². The van der Waals surface area contributed by atoms with Crippen LogP contribution in [0.25, 0.3) is 0 Å². The van der Waals surface area contributed by atoms with Crippen LogP contribution in [0.2, 0.25) is 0 Å². The summed E-state index contributed by atoms with van der Waals surface area (Å²) in [5.74, 6) is 0.945. The number of carbonyl (C=O) groups excluding carboxylic acids is 1. The molecular weight excluding hydrogens is 401 g/mol. The molecule has 110 valence electrons. The molecule has 0 saturated heterocycles. The predicted octanol–water partition coefficient (Wildman–Crippen LogP) is 4.68. The second-order valence-electron chi connectivity index (χ2n) is 4.35. The number of hydrogen-bond acceptors (Lipinski definition) is 2. The minimum Gasteiger partial charge on any atom is -0.494 e. The Bertz CT molecular complexity index is 646. The molecule has 0 unspecified atom stereocenters. The number of carbonyl (C=O) groups is 1. The van der Waals surface area contributed by atoms with Crippen molar-refractivity contribution in [3.8, 4) is 5.75 Å². The number of alkyl halides is 1. The highest BCUT2D eigenvalue weighted by Crippen LogP contribution is 2.25. The van der Waals surface area contributed by atoms with Gasteiger partial charge >= 0.3 is 0 Å². The van der Waals surface area contributed by atoms with Gasteiger partial charge in [-0.05, 0) is 65.9 Å². The molecule has 0 fully saturated rings. The number of anilines is 1. The number of halogens is 2. The minimum atomic E-state index is -0.141. The third-order valence-electron chi connectivity index (χ3n) is 2.85. The van der Waals surface area contributed by atoms with Gasteiger partial charge in [0.1, 0.15) is 5.75 Å². The number of amides is 1. The van der Waals surface area contributed by atoms with E-state index < -0.39 is 0 Å². The zero-order chi connectivity index (χ0) is 15.2. The highest BCUT2D eigenvalue weighted by Gasteiger charge is 2.09. The van der Waals surface area contributed by atoms with Gasteiger partial charge < -0.3 is 10.1 Å². The van der Waals surface area contributed by atoms with Gasteiger partial charge in [-0.2, -0.15) is 0 Å². The summed E-state index contributed by atoms with van der Waals surface area (Å²) in [5, 5.41) is 2.87. The van der Waals surface area contributed by atoms with Crippen molar-refractivity contribution < 1.29 is 9.53 Å². The maximum Gasteiger partial charge on any atom is 0.255 e. The van der Waals surface area contributed by atoms with Crippen LogP contribution in [0.15, 0.2) is 42.5 Å². The first kappa shape index (κ1) is 16.1. The molecule has 5 heteroatoms. The van der Waals surface area contributed by atoms with Gasteiger partial charge in [0, 0.05) is 20.4 Å². The molecule has 2 aromatic rings. The molecule has 0 saturated carbocycles. The largest absolute Gasteiger partial charge is 0.494 e. The van der Waals surface area contributed by atoms with Crippen LogP contribution in [0.5, 0.6) is 5.75 Å². The first-order chi connectivity index (χ1) is 10.1. The van der Waals surface area contributed by atoms with Gasteiger partial charge in [0.15, 0.2) is 0 Å². The van der Waals surface area contributed by atoms with Crippen LogP contribution in [0.4, 0.5) is 5.69 Å². The quantitative estimate of drug-likeness (QED) is 0.569. The van der Waals surface area contributed by atoms with E-state index in [1.807, 2.05) is 43.3 Å². The maximum atomic E-state index is 12.2. The van der Waals surface area contributed by atoms with Crippen LogP contribution in [0.1, 0.15) is 22.8 Å². The molecule has 1 N–H and O–H groups in total. The summed E-state index contributed by atoms with van der Waals surface area (Å²) < 4.78 is 6.51. The number of hydrogen-bond donors (Lipinski definition) is 1. The molecule has 0 aliphatic heterocycles. The van der Waals surface area contributed by atoms with Crippen LogP contribution in [0.3, 0.4) is 0 Å². The fraction of sp³-hybridized carbons (Fsp3) is 0.188. The lowest BCUT2D eigenvalue weighted by atomic mass is 10.1. The lowest BCUT2D eigenvalue weighted by molar-refractivity contribution is 0.102. The van der Waals surface area contributed by atoms with Crippen molar-refractivity contribution in [2.75, 3.05) is 11.9 Å². The van der Waals surface area contributed by atoms with E-state index in [1.54, 1.807) is 6.07 Å². The summed E-state index contributed by atoms with van der Waals surface area (Å²) in [6.07, 6.45) is 0. The second kappa shape index (κ2) is 7.66. The molecule has 0 bridgehead atoms. The van der Waals surface area contributed by atoms with Crippen molar-refractivity contribution in [1.82, 2.24) is 0 Å². The van der Waals surface area contributed by atoms with Crippen LogP contribution >= 0.6 is 34.2 Å². The van der Waals surface area contributed by atoms with Crippen LogP contribution in [-0.2, 0) is 5.88 Å². The monoisotopic (exact) mass is 415 g/mol. The average Bonchev–Trinajstić information content (AvgIpc) is 2.49. The molecule has 0 spiro atoms. The zero-order valence-corrected chi connectivity index (χ0v) is 14.4. The van der Waals surface area contributed by atoms with Crippen molar-refractivity contribution in [1.29, 1.82) is 0 Å². The van der Waals surface area contributed by atoms with Crippen LogP contribution < -0.4 is 10.1 Å². The first-order valence-corrected chi connectivity index (χ1v) is 8.14. The van der Waals surface area contributed by atoms with Crippen molar-refractivity contribution in [3.05, 3.63) is 57.2 Å². The van der Waals surface area contributed by atoms with E-state index >= 15 is 0 Å². The fourth-order valence-electron chi connectivity index (χ4n) is 1.89. The molecule has 3 nitrogen and oxygen atoms in total. The van der Waals surface area contributed by atoms with Crippen LogP contribution in [0, 0.1) is 3.57 Å². The number of rotatable bonds is 5. The predicted molar refractivity (Wildman–Crippen MR) is 94.3 cm³/mol. The minimum absolute atomic E-state index is 0.141. The van der Waals surface area contributed by atoms with Crippen molar-refractivity contribution in [3.63, 3.8) is 0 Å². The Hall–Kier alpha value is -1.27. The lowest BCUT2D eigenvalue weighted by Crippen LogP contribution is -2.12. The summed E-state index contributed by atoms with van der Waals surface area (Å²) in [5.41, 5.74) is 2.19. The molecule has 21 heavy (non-hydrogen) atoms. The Kier molecular flexibility index (Phi) is 5.87. The Balaban J connectivity index is 2.17. The van der Waals surface area contributed by atoms with Gasteiger partial charge in [0.05, 0.1) is 12.5 Å². The molecule has 0 radical (unpaired) electrons. The van der Waals surface area contributed by atoms with E-state index in [0.29, 0.717) is 23.7 Å². The Morgan fingerprint density at radius 1 is 1.29 bits per heavy atom. The Labute approximate surface area is 142 Å². The van der Waals surface area contributed by atoms with E-state index in [4.69, 9.17) is 16.3 Å². The van der Waals surface area contributed by atoms with E-state index in [0.717, 1.165) is 14.9 Å². The Morgan fingerprint density at radius 3 is 2.76 bits per heavy atom. The van der Waals surface area contributed by atoms with Gasteiger partial charge in [-0.3, -0.25) is 4.79 Å². The normalized spacial score (nSPS) is 10.2. The standard InChI is InChI=1S/C16H15ClINO2/c1-2-21-15-7-6-14(9-12(15)10-17)19-16(20)11-4-3-5-13(18)8-11/h3-9H,2,10H2,1H3,(H,19,20). The van der Waals surface area contributed by atoms with Gasteiger partial charge in [0.25, 0.3) is 5.91 Å². The summed E-state index contributed by atoms with van der Waals surface area (Å²) in [4.78, 5) is 12.2. The van der Waals surface area contributed by atoms with E-state index in [1.165, 1.54) is 0 Å². The van der Waals surface area contributed by atoms with Gasteiger partial charge in [-0.25, -0.2) is 0 Å². The summed E-state index contributed by atoms with van der Waals surface area (Å²) in [7, 11) is 0. The fourth-order valence-corrected chi connectivity index (χ4v) is 2.64. The lowest BCUT2D eigenvalue weighted by Gasteiger charge is -2.11. The average molecular weight is 416 g/mol. The molecule has 0 aliphatic rings. The highest BCUT2D eigenvalue weighted by atomic mass is 127. The Morgan fingerprint density at radius 2 is 2.10 bits per heavy atom. The zero-order valence-electron chi connectivity index (χ0n) is 11.5. The SMILES string of the molecule is CCOc1ccc(NC(=O)c2cccc(I)c2)cc1CCl. The topological polar surface area (TPSA) is 38.3 Å². The molecule has 2 rings (SSSR count). The van der Waals surface area contributed by atoms with Crippen LogP contribution in [-0.4, -0.2) is 12.5 Å². The van der Waals surface area contributed by atoms with Crippen molar-refractivity contribution in [2.24, 2.45) is 0 Å². The van der Waals surface area contributed by atoms with Gasteiger partial charge in [-0.1, -0.05) is 6.07 Å². The summed E-state index contributed by atoms with van der Waals surface area (Å²) >= 11 is 8.10. The molecule has 0 atom stereocenters. The third kappa shape index (κ3) is 4.35. The molecular formula is C16H15ClINO2. The summed E-state index contributed by atoms with van der Waals surface area (Å²) in [6, 6.07) is 12.9. The number of benzene rings is 2. The molecule has 0 aromatic heterocycles. The molecule has 0 aliphatic carbocycles. The van der Waals surface area contributed by atoms with Gasteiger partial charge in [-0.15, -0.1) is 11.6 Å². The molecule has 2 aromatic carbocycles. The highest BCUT2D eigenvalue weighted by molar-refractivity contribution is 14.1. The van der Waals surface area contributed by atoms with Crippen molar-refractivity contribution >= 4 is 45.8 Å². The molecule has 1 amide bonds. The number of nitrogens with one attached hydrogen (secondary N) is 1. The number of ether oxygens (including phenoxy) is 1. The first-order valence-electron chi connectivity index (χ1n) is 6.52. The second-order valence-corrected chi connectivity index (χ2v) is 5.87. The van der Waals surface area contributed by atoms with Crippen molar-refractivity contribution in [2.45, 2.75) is 12.8 Å². The van der Waals surface area contributed by atoms with E-state index in [9.17, 15) is 4.79 Å². The van der Waals surface area contributed by atoms with Gasteiger partial charge in [0.2, 0.25) is 0 Å². The smallest absolute Gasteiger partial charge is 0.255 e. The summed E-state index contributed by atoms with van der Waals surface area (Å²) in [6.45, 7) is 2.50.